The number of benzene rings is 1. The summed E-state index contributed by atoms with van der Waals surface area (Å²) in [6.45, 7) is 5.85. The number of amides is 1. The molecular weight excluding hydrogens is 344 g/mol. The lowest BCUT2D eigenvalue weighted by Gasteiger charge is -2.37. The molecule has 2 rings (SSSR count). The van der Waals surface area contributed by atoms with Gasteiger partial charge in [-0.15, -0.1) is 0 Å². The van der Waals surface area contributed by atoms with E-state index in [0.717, 1.165) is 18.4 Å². The number of piperidine rings is 1. The van der Waals surface area contributed by atoms with Gasteiger partial charge in [-0.3, -0.25) is 14.5 Å². The van der Waals surface area contributed by atoms with E-state index in [2.05, 4.69) is 0 Å². The summed E-state index contributed by atoms with van der Waals surface area (Å²) in [6, 6.07) is 5.53. The Kier molecular flexibility index (Phi) is 7.08. The fraction of sp³-hybridized carbons (Fsp3) is 0.556. The van der Waals surface area contributed by atoms with Gasteiger partial charge in [-0.05, 0) is 50.1 Å². The van der Waals surface area contributed by atoms with Crippen molar-refractivity contribution in [3.05, 3.63) is 28.8 Å². The highest BCUT2D eigenvalue weighted by atomic mass is 35.5. The summed E-state index contributed by atoms with van der Waals surface area (Å²) in [4.78, 5) is 27.0. The van der Waals surface area contributed by atoms with Gasteiger partial charge >= 0.3 is 5.97 Å². The van der Waals surface area contributed by atoms with Crippen molar-refractivity contribution in [2.24, 2.45) is 0 Å². The van der Waals surface area contributed by atoms with E-state index in [1.807, 2.05) is 24.8 Å². The van der Waals surface area contributed by atoms with Crippen LogP contribution in [0, 0.1) is 6.92 Å². The molecule has 1 aromatic rings. The van der Waals surface area contributed by atoms with Gasteiger partial charge in [0.2, 0.25) is 0 Å². The predicted molar refractivity (Wildman–Crippen MR) is 96.2 cm³/mol. The van der Waals surface area contributed by atoms with Crippen molar-refractivity contribution in [2.75, 3.05) is 32.8 Å². The van der Waals surface area contributed by atoms with Crippen LogP contribution >= 0.6 is 11.6 Å². The van der Waals surface area contributed by atoms with Gasteiger partial charge in [0.15, 0.2) is 6.61 Å². The smallest absolute Gasteiger partial charge is 0.317 e. The topological polar surface area (TPSA) is 70.1 Å². The Labute approximate surface area is 153 Å². The fourth-order valence-electron chi connectivity index (χ4n) is 3.10. The standard InChI is InChI=1S/C18H25ClN2O4/c1-3-20(11-18(23)24)14-6-8-21(9-7-14)17(22)12-25-15-4-5-16(19)13(2)10-15/h4-5,10,14H,3,6-9,11-12H2,1-2H3,(H,23,24). The highest BCUT2D eigenvalue weighted by Crippen LogP contribution is 2.21. The average molecular weight is 369 g/mol. The first-order valence-electron chi connectivity index (χ1n) is 8.53. The quantitative estimate of drug-likeness (QED) is 0.800. The third-order valence-corrected chi connectivity index (χ3v) is 4.99. The van der Waals surface area contributed by atoms with Gasteiger partial charge in [-0.25, -0.2) is 0 Å². The number of carbonyl (C=O) groups excluding carboxylic acids is 1. The lowest BCUT2D eigenvalue weighted by atomic mass is 10.0. The molecule has 1 aliphatic heterocycles. The van der Waals surface area contributed by atoms with Crippen LogP contribution in [0.2, 0.25) is 5.02 Å². The lowest BCUT2D eigenvalue weighted by Crippen LogP contribution is -2.49. The number of likely N-dealkylation sites (tertiary alicyclic amines) is 1. The molecule has 7 heteroatoms. The van der Waals surface area contributed by atoms with E-state index in [0.29, 0.717) is 30.4 Å². The Morgan fingerprint density at radius 1 is 1.36 bits per heavy atom. The number of halogens is 1. The number of rotatable bonds is 7. The number of carboxylic acids is 1. The van der Waals surface area contributed by atoms with Crippen molar-refractivity contribution < 1.29 is 19.4 Å². The number of ether oxygens (including phenoxy) is 1. The number of hydrogen-bond donors (Lipinski definition) is 1. The summed E-state index contributed by atoms with van der Waals surface area (Å²) in [6.07, 6.45) is 1.57. The summed E-state index contributed by atoms with van der Waals surface area (Å²) in [5, 5.41) is 9.64. The van der Waals surface area contributed by atoms with Gasteiger partial charge in [-0.1, -0.05) is 18.5 Å². The number of hydrogen-bond acceptors (Lipinski definition) is 4. The molecule has 0 unspecified atom stereocenters. The first kappa shape index (κ1) is 19.5. The third-order valence-electron chi connectivity index (χ3n) is 4.57. The lowest BCUT2D eigenvalue weighted by molar-refractivity contribution is -0.140. The molecule has 0 aliphatic carbocycles. The Morgan fingerprint density at radius 2 is 2.04 bits per heavy atom. The van der Waals surface area contributed by atoms with Gasteiger partial charge < -0.3 is 14.7 Å². The number of aliphatic carboxylic acids is 1. The molecule has 0 bridgehead atoms. The summed E-state index contributed by atoms with van der Waals surface area (Å²) >= 11 is 5.98. The number of carboxylic acid groups (broad SMARTS) is 1. The normalized spacial score (nSPS) is 15.4. The van der Waals surface area contributed by atoms with Crippen LogP contribution in [0.4, 0.5) is 0 Å². The minimum absolute atomic E-state index is 0.00163. The van der Waals surface area contributed by atoms with Gasteiger partial charge in [0.1, 0.15) is 5.75 Å². The largest absolute Gasteiger partial charge is 0.484 e. The number of nitrogens with zero attached hydrogens (tertiary/aromatic N) is 2. The summed E-state index contributed by atoms with van der Waals surface area (Å²) in [7, 11) is 0. The Balaban J connectivity index is 1.80. The molecule has 0 spiro atoms. The highest BCUT2D eigenvalue weighted by molar-refractivity contribution is 6.31. The van der Waals surface area contributed by atoms with Crippen LogP contribution in [0.15, 0.2) is 18.2 Å². The van der Waals surface area contributed by atoms with E-state index in [1.165, 1.54) is 0 Å². The summed E-state index contributed by atoms with van der Waals surface area (Å²) < 4.78 is 5.57. The SMILES string of the molecule is CCN(CC(=O)O)C1CCN(C(=O)COc2ccc(Cl)c(C)c2)CC1. The van der Waals surface area contributed by atoms with Crippen LogP contribution in [0.1, 0.15) is 25.3 Å². The maximum Gasteiger partial charge on any atom is 0.317 e. The monoisotopic (exact) mass is 368 g/mol. The van der Waals surface area contributed by atoms with Crippen LogP contribution in [0.25, 0.3) is 0 Å². The van der Waals surface area contributed by atoms with Gasteiger partial charge in [-0.2, -0.15) is 0 Å². The number of carbonyl (C=O) groups is 2. The zero-order valence-electron chi connectivity index (χ0n) is 14.7. The van der Waals surface area contributed by atoms with Crippen molar-refractivity contribution in [1.82, 2.24) is 9.80 Å². The molecule has 6 nitrogen and oxygen atoms in total. The summed E-state index contributed by atoms with van der Waals surface area (Å²) in [5.41, 5.74) is 0.908. The first-order chi connectivity index (χ1) is 11.9. The molecule has 25 heavy (non-hydrogen) atoms. The Bertz CT molecular complexity index is 615. The molecule has 0 saturated carbocycles. The molecule has 1 N–H and O–H groups in total. The van der Waals surface area contributed by atoms with Crippen LogP contribution in [-0.2, 0) is 9.59 Å². The maximum absolute atomic E-state index is 12.3. The average Bonchev–Trinajstić information content (AvgIpc) is 2.60. The molecule has 1 heterocycles. The van der Waals surface area contributed by atoms with E-state index < -0.39 is 5.97 Å². The zero-order chi connectivity index (χ0) is 18.4. The van der Waals surface area contributed by atoms with E-state index in [1.54, 1.807) is 17.0 Å². The second kappa shape index (κ2) is 9.06. The molecule has 138 valence electrons. The third kappa shape index (κ3) is 5.61. The number of aryl methyl sites for hydroxylation is 1. The fourth-order valence-corrected chi connectivity index (χ4v) is 3.21. The van der Waals surface area contributed by atoms with Crippen molar-refractivity contribution in [2.45, 2.75) is 32.7 Å². The van der Waals surface area contributed by atoms with Crippen molar-refractivity contribution in [3.63, 3.8) is 0 Å². The van der Waals surface area contributed by atoms with E-state index in [4.69, 9.17) is 21.4 Å². The molecule has 1 saturated heterocycles. The second-order valence-electron chi connectivity index (χ2n) is 6.27. The molecule has 1 aromatic carbocycles. The van der Waals surface area contributed by atoms with E-state index in [9.17, 15) is 9.59 Å². The van der Waals surface area contributed by atoms with Crippen LogP contribution in [0.3, 0.4) is 0 Å². The molecule has 0 atom stereocenters. The summed E-state index contributed by atoms with van der Waals surface area (Å²) in [5.74, 6) is -0.233. The number of likely N-dealkylation sites (N-methyl/N-ethyl adjacent to an activating group) is 1. The van der Waals surface area contributed by atoms with E-state index >= 15 is 0 Å². The zero-order valence-corrected chi connectivity index (χ0v) is 15.5. The first-order valence-corrected chi connectivity index (χ1v) is 8.91. The molecule has 0 aromatic heterocycles. The van der Waals surface area contributed by atoms with Crippen LogP contribution < -0.4 is 4.74 Å². The van der Waals surface area contributed by atoms with Gasteiger partial charge in [0.25, 0.3) is 5.91 Å². The molecule has 0 radical (unpaired) electrons. The molecule has 1 amide bonds. The van der Waals surface area contributed by atoms with Gasteiger partial charge in [0.05, 0.1) is 6.54 Å². The van der Waals surface area contributed by atoms with Crippen molar-refractivity contribution in [3.8, 4) is 5.75 Å². The minimum Gasteiger partial charge on any atom is -0.484 e. The Morgan fingerprint density at radius 3 is 2.60 bits per heavy atom. The van der Waals surface area contributed by atoms with Crippen molar-refractivity contribution in [1.29, 1.82) is 0 Å². The van der Waals surface area contributed by atoms with Crippen LogP contribution in [-0.4, -0.2) is 65.6 Å². The Hall–Kier alpha value is -1.79. The second-order valence-corrected chi connectivity index (χ2v) is 6.68. The van der Waals surface area contributed by atoms with Crippen LogP contribution in [0.5, 0.6) is 5.75 Å². The maximum atomic E-state index is 12.3. The highest BCUT2D eigenvalue weighted by Gasteiger charge is 2.27. The van der Waals surface area contributed by atoms with E-state index in [-0.39, 0.29) is 25.1 Å². The van der Waals surface area contributed by atoms with Crippen molar-refractivity contribution >= 4 is 23.5 Å². The molecule has 1 fully saturated rings. The molecule has 1 aliphatic rings. The van der Waals surface area contributed by atoms with Gasteiger partial charge in [0, 0.05) is 24.2 Å². The minimum atomic E-state index is -0.813. The molecular formula is C18H25ClN2O4. The predicted octanol–water partition coefficient (Wildman–Crippen LogP) is 2.42.